The van der Waals surface area contributed by atoms with Crippen molar-refractivity contribution in [2.24, 2.45) is 0 Å². The van der Waals surface area contributed by atoms with E-state index in [0.717, 1.165) is 18.7 Å². The molecule has 66 valence electrons. The maximum Gasteiger partial charge on any atom is 0.0840 e. The molecule has 4 heteroatoms. The van der Waals surface area contributed by atoms with Gasteiger partial charge in [-0.3, -0.25) is 0 Å². The van der Waals surface area contributed by atoms with E-state index in [1.807, 2.05) is 0 Å². The first-order valence-corrected chi connectivity index (χ1v) is 4.53. The summed E-state index contributed by atoms with van der Waals surface area (Å²) in [4.78, 5) is 0. The smallest absolute Gasteiger partial charge is 0.0840 e. The van der Waals surface area contributed by atoms with Crippen molar-refractivity contribution in [1.29, 1.82) is 0 Å². The standard InChI is InChI=1S/C8H14N4/c1-2-4-9-7(3-1)5-8-6-10-12-11-8/h6-7,9H,1-5H2,(H,10,11,12). The monoisotopic (exact) mass is 166 g/mol. The Bertz CT molecular complexity index is 213. The first-order valence-electron chi connectivity index (χ1n) is 4.53. The number of H-pyrrole nitrogens is 1. The summed E-state index contributed by atoms with van der Waals surface area (Å²) >= 11 is 0. The zero-order chi connectivity index (χ0) is 8.23. The van der Waals surface area contributed by atoms with Crippen molar-refractivity contribution < 1.29 is 0 Å². The summed E-state index contributed by atoms with van der Waals surface area (Å²) in [7, 11) is 0. The number of hydrogen-bond donors (Lipinski definition) is 2. The number of rotatable bonds is 2. The van der Waals surface area contributed by atoms with Gasteiger partial charge in [0.1, 0.15) is 0 Å². The molecule has 1 aliphatic rings. The van der Waals surface area contributed by atoms with Gasteiger partial charge in [-0.2, -0.15) is 15.4 Å². The molecule has 0 radical (unpaired) electrons. The van der Waals surface area contributed by atoms with Gasteiger partial charge in [0.05, 0.1) is 11.9 Å². The van der Waals surface area contributed by atoms with Crippen molar-refractivity contribution in [2.45, 2.75) is 31.7 Å². The van der Waals surface area contributed by atoms with Gasteiger partial charge in [0.15, 0.2) is 0 Å². The molecule has 2 N–H and O–H groups in total. The van der Waals surface area contributed by atoms with Gasteiger partial charge < -0.3 is 5.32 Å². The quantitative estimate of drug-likeness (QED) is 0.672. The van der Waals surface area contributed by atoms with Crippen LogP contribution in [0.4, 0.5) is 0 Å². The van der Waals surface area contributed by atoms with Crippen LogP contribution in [0.2, 0.25) is 0 Å². The molecule has 2 rings (SSSR count). The molecule has 1 aromatic heterocycles. The lowest BCUT2D eigenvalue weighted by Gasteiger charge is -2.22. The normalized spacial score (nSPS) is 24.2. The molecule has 4 nitrogen and oxygen atoms in total. The fourth-order valence-corrected chi connectivity index (χ4v) is 1.67. The molecular weight excluding hydrogens is 152 g/mol. The van der Waals surface area contributed by atoms with Crippen LogP contribution in [0.3, 0.4) is 0 Å². The molecule has 0 spiro atoms. The maximum atomic E-state index is 4.03. The summed E-state index contributed by atoms with van der Waals surface area (Å²) in [5.74, 6) is 0. The van der Waals surface area contributed by atoms with Crippen molar-refractivity contribution in [3.05, 3.63) is 11.9 Å². The van der Waals surface area contributed by atoms with Crippen molar-refractivity contribution in [2.75, 3.05) is 6.54 Å². The van der Waals surface area contributed by atoms with E-state index >= 15 is 0 Å². The fourth-order valence-electron chi connectivity index (χ4n) is 1.67. The van der Waals surface area contributed by atoms with Crippen LogP contribution in [0.5, 0.6) is 0 Å². The van der Waals surface area contributed by atoms with E-state index in [2.05, 4.69) is 20.7 Å². The Morgan fingerprint density at radius 1 is 1.50 bits per heavy atom. The molecule has 1 saturated heterocycles. The third-order valence-electron chi connectivity index (χ3n) is 2.33. The average molecular weight is 166 g/mol. The molecule has 1 unspecified atom stereocenters. The van der Waals surface area contributed by atoms with Crippen LogP contribution in [0.15, 0.2) is 6.20 Å². The molecule has 0 amide bonds. The fraction of sp³-hybridized carbons (Fsp3) is 0.750. The van der Waals surface area contributed by atoms with Crippen LogP contribution in [0.1, 0.15) is 25.0 Å². The molecule has 0 aromatic carbocycles. The topological polar surface area (TPSA) is 53.6 Å². The second-order valence-electron chi connectivity index (χ2n) is 3.31. The van der Waals surface area contributed by atoms with E-state index in [1.165, 1.54) is 19.3 Å². The zero-order valence-electron chi connectivity index (χ0n) is 7.08. The van der Waals surface area contributed by atoms with Gasteiger partial charge in [-0.15, -0.1) is 0 Å². The van der Waals surface area contributed by atoms with Gasteiger partial charge >= 0.3 is 0 Å². The Balaban J connectivity index is 1.86. The Kier molecular flexibility index (Phi) is 2.36. The van der Waals surface area contributed by atoms with Crippen molar-refractivity contribution in [1.82, 2.24) is 20.7 Å². The Labute approximate surface area is 71.8 Å². The molecule has 1 fully saturated rings. The molecule has 0 saturated carbocycles. The third kappa shape index (κ3) is 1.82. The highest BCUT2D eigenvalue weighted by Crippen LogP contribution is 2.10. The molecule has 1 aliphatic heterocycles. The van der Waals surface area contributed by atoms with Crippen LogP contribution in [-0.4, -0.2) is 28.0 Å². The second-order valence-corrected chi connectivity index (χ2v) is 3.31. The summed E-state index contributed by atoms with van der Waals surface area (Å²) in [6.45, 7) is 1.16. The number of aromatic nitrogens is 3. The van der Waals surface area contributed by atoms with E-state index in [-0.39, 0.29) is 0 Å². The van der Waals surface area contributed by atoms with Crippen molar-refractivity contribution >= 4 is 0 Å². The zero-order valence-corrected chi connectivity index (χ0v) is 7.08. The minimum Gasteiger partial charge on any atom is -0.314 e. The van der Waals surface area contributed by atoms with E-state index < -0.39 is 0 Å². The highest BCUT2D eigenvalue weighted by atomic mass is 15.3. The van der Waals surface area contributed by atoms with E-state index in [9.17, 15) is 0 Å². The lowest BCUT2D eigenvalue weighted by Crippen LogP contribution is -2.35. The first-order chi connectivity index (χ1) is 5.95. The van der Waals surface area contributed by atoms with Gasteiger partial charge in [0.2, 0.25) is 0 Å². The van der Waals surface area contributed by atoms with Crippen LogP contribution in [-0.2, 0) is 6.42 Å². The minimum atomic E-state index is 0.615. The van der Waals surface area contributed by atoms with Gasteiger partial charge in [-0.1, -0.05) is 6.42 Å². The summed E-state index contributed by atoms with van der Waals surface area (Å²) < 4.78 is 0. The number of piperidine rings is 1. The summed E-state index contributed by atoms with van der Waals surface area (Å²) in [5, 5.41) is 13.9. The van der Waals surface area contributed by atoms with Gasteiger partial charge in [-0.05, 0) is 19.4 Å². The van der Waals surface area contributed by atoms with Crippen LogP contribution < -0.4 is 5.32 Å². The Morgan fingerprint density at radius 3 is 3.17 bits per heavy atom. The molecule has 0 bridgehead atoms. The predicted octanol–water partition coefficient (Wildman–Crippen LogP) is 0.489. The molecular formula is C8H14N4. The highest BCUT2D eigenvalue weighted by Gasteiger charge is 2.13. The summed E-state index contributed by atoms with van der Waals surface area (Å²) in [6, 6.07) is 0.615. The van der Waals surface area contributed by atoms with Crippen molar-refractivity contribution in [3.8, 4) is 0 Å². The Hall–Kier alpha value is -0.900. The number of nitrogens with zero attached hydrogens (tertiary/aromatic N) is 2. The number of nitrogens with one attached hydrogen (secondary N) is 2. The molecule has 1 aromatic rings. The van der Waals surface area contributed by atoms with Gasteiger partial charge in [0, 0.05) is 12.5 Å². The summed E-state index contributed by atoms with van der Waals surface area (Å²) in [5.41, 5.74) is 1.06. The highest BCUT2D eigenvalue weighted by molar-refractivity contribution is 4.95. The van der Waals surface area contributed by atoms with Gasteiger partial charge in [0.25, 0.3) is 0 Å². The molecule has 1 atom stereocenters. The lowest BCUT2D eigenvalue weighted by atomic mass is 10.0. The lowest BCUT2D eigenvalue weighted by molar-refractivity contribution is 0.397. The van der Waals surface area contributed by atoms with Crippen molar-refractivity contribution in [3.63, 3.8) is 0 Å². The number of aromatic amines is 1. The average Bonchev–Trinajstić information content (AvgIpc) is 2.59. The van der Waals surface area contributed by atoms with E-state index in [0.29, 0.717) is 6.04 Å². The van der Waals surface area contributed by atoms with E-state index in [1.54, 1.807) is 6.20 Å². The molecule has 2 heterocycles. The minimum absolute atomic E-state index is 0.615. The predicted molar refractivity (Wildman–Crippen MR) is 45.7 cm³/mol. The summed E-state index contributed by atoms with van der Waals surface area (Å²) in [6.07, 6.45) is 6.74. The van der Waals surface area contributed by atoms with Gasteiger partial charge in [-0.25, -0.2) is 0 Å². The SMILES string of the molecule is c1n[nH]nc1CC1CCCCN1. The van der Waals surface area contributed by atoms with Crippen LogP contribution in [0, 0.1) is 0 Å². The maximum absolute atomic E-state index is 4.03. The Morgan fingerprint density at radius 2 is 2.50 bits per heavy atom. The third-order valence-corrected chi connectivity index (χ3v) is 2.33. The number of hydrogen-bond acceptors (Lipinski definition) is 3. The molecule has 0 aliphatic carbocycles. The van der Waals surface area contributed by atoms with Crippen LogP contribution >= 0.6 is 0 Å². The first kappa shape index (κ1) is 7.73. The second kappa shape index (κ2) is 3.67. The largest absolute Gasteiger partial charge is 0.314 e. The van der Waals surface area contributed by atoms with Crippen LogP contribution in [0.25, 0.3) is 0 Å². The molecule has 12 heavy (non-hydrogen) atoms. The van der Waals surface area contributed by atoms with E-state index in [4.69, 9.17) is 0 Å².